The van der Waals surface area contributed by atoms with E-state index in [0.717, 1.165) is 12.8 Å². The molecule has 0 heterocycles. The lowest BCUT2D eigenvalue weighted by atomic mass is 9.84. The molecule has 1 aliphatic rings. The van der Waals surface area contributed by atoms with Gasteiger partial charge in [0.15, 0.2) is 0 Å². The van der Waals surface area contributed by atoms with Crippen molar-refractivity contribution in [2.45, 2.75) is 31.7 Å². The highest BCUT2D eigenvalue weighted by atomic mass is 35.5. The summed E-state index contributed by atoms with van der Waals surface area (Å²) in [6.07, 6.45) is 3.16. The normalized spacial score (nSPS) is 22.8. The number of carbonyl (C=O) groups is 2. The maximum atomic E-state index is 12.1. The number of amides is 1. The van der Waals surface area contributed by atoms with E-state index in [2.05, 4.69) is 5.32 Å². The number of aliphatic carboxylic acids is 1. The summed E-state index contributed by atoms with van der Waals surface area (Å²) in [6, 6.07) is 6.45. The summed E-state index contributed by atoms with van der Waals surface area (Å²) in [6.45, 7) is 0. The van der Waals surface area contributed by atoms with Crippen LogP contribution in [0.5, 0.6) is 0 Å². The van der Waals surface area contributed by atoms with Crippen molar-refractivity contribution in [3.8, 4) is 0 Å². The summed E-state index contributed by atoms with van der Waals surface area (Å²) in [7, 11) is 0. The van der Waals surface area contributed by atoms with Crippen molar-refractivity contribution in [1.29, 1.82) is 0 Å². The maximum absolute atomic E-state index is 12.1. The number of benzene rings is 1. The summed E-state index contributed by atoms with van der Waals surface area (Å²) in [5.74, 6) is -1.65. The molecule has 2 rings (SSSR count). The zero-order chi connectivity index (χ0) is 13.8. The number of carbonyl (C=O) groups excluding carboxylic acids is 1. The lowest BCUT2D eigenvalue weighted by Gasteiger charge is -2.29. The van der Waals surface area contributed by atoms with Crippen molar-refractivity contribution < 1.29 is 14.7 Å². The van der Waals surface area contributed by atoms with Gasteiger partial charge in [0, 0.05) is 6.04 Å². The average molecular weight is 282 g/mol. The fourth-order valence-corrected chi connectivity index (χ4v) is 2.71. The third kappa shape index (κ3) is 3.26. The van der Waals surface area contributed by atoms with Gasteiger partial charge in [-0.3, -0.25) is 9.59 Å². The molecule has 0 spiro atoms. The molecule has 0 bridgehead atoms. The van der Waals surface area contributed by atoms with Crippen LogP contribution in [0.3, 0.4) is 0 Å². The fraction of sp³-hybridized carbons (Fsp3) is 0.429. The van der Waals surface area contributed by atoms with Crippen molar-refractivity contribution in [2.24, 2.45) is 5.92 Å². The highest BCUT2D eigenvalue weighted by molar-refractivity contribution is 6.33. The molecule has 1 aliphatic carbocycles. The molecule has 2 atom stereocenters. The molecule has 1 fully saturated rings. The molecule has 2 unspecified atom stereocenters. The van der Waals surface area contributed by atoms with Gasteiger partial charge in [0.2, 0.25) is 0 Å². The van der Waals surface area contributed by atoms with Crippen molar-refractivity contribution in [3.05, 3.63) is 34.9 Å². The number of carboxylic acids is 1. The molecular formula is C14H16ClNO3. The van der Waals surface area contributed by atoms with Crippen LogP contribution >= 0.6 is 11.6 Å². The van der Waals surface area contributed by atoms with Gasteiger partial charge >= 0.3 is 5.97 Å². The summed E-state index contributed by atoms with van der Waals surface area (Å²) in [5.41, 5.74) is 0.388. The zero-order valence-corrected chi connectivity index (χ0v) is 11.2. The van der Waals surface area contributed by atoms with Gasteiger partial charge in [-0.1, -0.05) is 36.6 Å². The van der Waals surface area contributed by atoms with Gasteiger partial charge in [-0.25, -0.2) is 0 Å². The van der Waals surface area contributed by atoms with E-state index in [-0.39, 0.29) is 11.9 Å². The predicted molar refractivity (Wildman–Crippen MR) is 72.3 cm³/mol. The lowest BCUT2D eigenvalue weighted by molar-refractivity contribution is -0.143. The maximum Gasteiger partial charge on any atom is 0.308 e. The van der Waals surface area contributed by atoms with E-state index in [9.17, 15) is 9.59 Å². The topological polar surface area (TPSA) is 66.4 Å². The van der Waals surface area contributed by atoms with E-state index in [1.54, 1.807) is 24.3 Å². The van der Waals surface area contributed by atoms with E-state index in [1.165, 1.54) is 0 Å². The van der Waals surface area contributed by atoms with E-state index >= 15 is 0 Å². The van der Waals surface area contributed by atoms with E-state index in [0.29, 0.717) is 23.4 Å². The largest absolute Gasteiger partial charge is 0.481 e. The Labute approximate surface area is 116 Å². The van der Waals surface area contributed by atoms with Gasteiger partial charge in [-0.2, -0.15) is 0 Å². The second kappa shape index (κ2) is 6.06. The Balaban J connectivity index is 2.09. The minimum absolute atomic E-state index is 0.302. The SMILES string of the molecule is O=C(NC1CCCCC1C(=O)O)c1ccccc1Cl. The van der Waals surface area contributed by atoms with Crippen LogP contribution in [-0.4, -0.2) is 23.0 Å². The second-order valence-corrected chi connectivity index (χ2v) is 5.20. The molecule has 102 valence electrons. The molecule has 4 nitrogen and oxygen atoms in total. The van der Waals surface area contributed by atoms with Crippen LogP contribution in [0.15, 0.2) is 24.3 Å². The molecule has 1 amide bonds. The van der Waals surface area contributed by atoms with Crippen LogP contribution < -0.4 is 5.32 Å². The van der Waals surface area contributed by atoms with Crippen LogP contribution in [0.2, 0.25) is 5.02 Å². The Morgan fingerprint density at radius 3 is 2.58 bits per heavy atom. The van der Waals surface area contributed by atoms with Crippen LogP contribution in [0, 0.1) is 5.92 Å². The highest BCUT2D eigenvalue weighted by Crippen LogP contribution is 2.25. The Hall–Kier alpha value is -1.55. The minimum atomic E-state index is -0.843. The van der Waals surface area contributed by atoms with Gasteiger partial charge in [0.05, 0.1) is 16.5 Å². The molecule has 5 heteroatoms. The number of rotatable bonds is 3. The molecule has 0 aliphatic heterocycles. The first-order valence-corrected chi connectivity index (χ1v) is 6.75. The number of carboxylic acid groups (broad SMARTS) is 1. The van der Waals surface area contributed by atoms with Gasteiger partial charge in [-0.15, -0.1) is 0 Å². The Morgan fingerprint density at radius 1 is 1.21 bits per heavy atom. The van der Waals surface area contributed by atoms with Gasteiger partial charge < -0.3 is 10.4 Å². The molecule has 1 aromatic rings. The Morgan fingerprint density at radius 2 is 1.89 bits per heavy atom. The van der Waals surface area contributed by atoms with Crippen molar-refractivity contribution in [2.75, 3.05) is 0 Å². The van der Waals surface area contributed by atoms with Crippen molar-refractivity contribution >= 4 is 23.5 Å². The monoisotopic (exact) mass is 281 g/mol. The smallest absolute Gasteiger partial charge is 0.308 e. The number of hydrogen-bond acceptors (Lipinski definition) is 2. The molecule has 0 radical (unpaired) electrons. The fourth-order valence-electron chi connectivity index (χ4n) is 2.49. The molecule has 0 aromatic heterocycles. The molecule has 0 saturated heterocycles. The first-order chi connectivity index (χ1) is 9.09. The number of hydrogen-bond donors (Lipinski definition) is 2. The van der Waals surface area contributed by atoms with Crippen LogP contribution in [-0.2, 0) is 4.79 Å². The van der Waals surface area contributed by atoms with E-state index in [4.69, 9.17) is 16.7 Å². The minimum Gasteiger partial charge on any atom is -0.481 e. The summed E-state index contributed by atoms with van der Waals surface area (Å²) in [5, 5.41) is 12.4. The molecule has 19 heavy (non-hydrogen) atoms. The van der Waals surface area contributed by atoms with Gasteiger partial charge in [0.1, 0.15) is 0 Å². The summed E-state index contributed by atoms with van der Waals surface area (Å²) < 4.78 is 0. The molecule has 1 aromatic carbocycles. The third-order valence-electron chi connectivity index (χ3n) is 3.52. The Bertz CT molecular complexity index is 489. The summed E-state index contributed by atoms with van der Waals surface area (Å²) in [4.78, 5) is 23.3. The van der Waals surface area contributed by atoms with Gasteiger partial charge in [-0.05, 0) is 25.0 Å². The number of halogens is 1. The van der Waals surface area contributed by atoms with Gasteiger partial charge in [0.25, 0.3) is 5.91 Å². The third-order valence-corrected chi connectivity index (χ3v) is 3.85. The molecule has 1 saturated carbocycles. The second-order valence-electron chi connectivity index (χ2n) is 4.79. The predicted octanol–water partition coefficient (Wildman–Crippen LogP) is 2.71. The van der Waals surface area contributed by atoms with E-state index in [1.807, 2.05) is 0 Å². The Kier molecular flexibility index (Phi) is 4.43. The highest BCUT2D eigenvalue weighted by Gasteiger charge is 2.32. The summed E-state index contributed by atoms with van der Waals surface area (Å²) >= 11 is 5.96. The first-order valence-electron chi connectivity index (χ1n) is 6.38. The van der Waals surface area contributed by atoms with E-state index < -0.39 is 11.9 Å². The van der Waals surface area contributed by atoms with Crippen molar-refractivity contribution in [3.63, 3.8) is 0 Å². The lowest BCUT2D eigenvalue weighted by Crippen LogP contribution is -2.45. The van der Waals surface area contributed by atoms with Crippen LogP contribution in [0.25, 0.3) is 0 Å². The molecule has 2 N–H and O–H groups in total. The standard InChI is InChI=1S/C14H16ClNO3/c15-11-7-3-1-5-9(11)13(17)16-12-8-4-2-6-10(12)14(18)19/h1,3,5,7,10,12H,2,4,6,8H2,(H,16,17)(H,18,19). The average Bonchev–Trinajstić information content (AvgIpc) is 2.39. The first kappa shape index (κ1) is 13.9. The molecular weight excluding hydrogens is 266 g/mol. The zero-order valence-electron chi connectivity index (χ0n) is 10.4. The quantitative estimate of drug-likeness (QED) is 0.895. The number of nitrogens with one attached hydrogen (secondary N) is 1. The van der Waals surface area contributed by atoms with Crippen LogP contribution in [0.1, 0.15) is 36.0 Å². The van der Waals surface area contributed by atoms with Crippen molar-refractivity contribution in [1.82, 2.24) is 5.32 Å². The van der Waals surface area contributed by atoms with Crippen LogP contribution in [0.4, 0.5) is 0 Å².